The summed E-state index contributed by atoms with van der Waals surface area (Å²) in [4.78, 5) is 43.3. The number of esters is 1. The highest BCUT2D eigenvalue weighted by molar-refractivity contribution is 9.08. The lowest BCUT2D eigenvalue weighted by atomic mass is 10.1. The quantitative estimate of drug-likeness (QED) is 0.0313. The third-order valence-corrected chi connectivity index (χ3v) is 16.8. The van der Waals surface area contributed by atoms with Gasteiger partial charge < -0.3 is 43.7 Å². The fraction of sp³-hybridized carbons (Fsp3) is 0.139. The first-order valence-corrected chi connectivity index (χ1v) is 32.6. The molecule has 0 fully saturated rings. The molecular weight excluding hydrogens is 1420 g/mol. The summed E-state index contributed by atoms with van der Waals surface area (Å²) < 4.78 is 35.9. The Kier molecular flexibility index (Phi) is 25.9. The molecule has 4 N–H and O–H groups in total. The van der Waals surface area contributed by atoms with Crippen LogP contribution in [0.25, 0.3) is 43.1 Å². The van der Waals surface area contributed by atoms with E-state index in [4.69, 9.17) is 89.8 Å². The van der Waals surface area contributed by atoms with Crippen LogP contribution in [0.1, 0.15) is 71.8 Å². The van der Waals surface area contributed by atoms with Crippen molar-refractivity contribution in [1.82, 2.24) is 45.4 Å². The third kappa shape index (κ3) is 18.4. The molecule has 0 aliphatic carbocycles. The standard InChI is InChI=1S/C24H22ClN3O4.C22H18ClN3O4.C14H10ClN3O3.C11H8BrCl.CH2O2/c1-3-31-24(29)22-23(28(27-26-22)14-16-8-11-18(30-2)12-9-16)32-15-17-10-13-21(25)20-7-5-4-6-19(17)20;1-29-16-9-6-14(7-10-16)12-26-21(20(22(27)28)24-25-26)30-13-15-8-11-19(23)18-5-3-2-4-17(15)18;15-11-6-5-8(9-3-1-2-4-10(9)11)7-21-13-12(14(19)20)16-18-17-13;12-7-8-5-6-11(13)10-4-2-1-3-9(8)10;2-1-3/h4-13H,3,14-15H2,1-2H3;2-11H,12-13H2,1H3,(H,27,28);1-6H,7H2,(H,19,20)(H,16,17,18);1-6H,7H2;1H,(H,2,3). The van der Waals surface area contributed by atoms with E-state index in [2.05, 4.69) is 64.1 Å². The number of aromatic amines is 1. The number of aromatic carboxylic acids is 2. The zero-order valence-electron chi connectivity index (χ0n) is 52.9. The van der Waals surface area contributed by atoms with Gasteiger partial charge in [0.25, 0.3) is 12.4 Å². The number of fused-ring (bicyclic) bond motifs is 4. The van der Waals surface area contributed by atoms with Gasteiger partial charge in [-0.1, -0.05) is 229 Å². The van der Waals surface area contributed by atoms with Gasteiger partial charge >= 0.3 is 17.9 Å². The predicted molar refractivity (Wildman–Crippen MR) is 381 cm³/mol. The van der Waals surface area contributed by atoms with Crippen molar-refractivity contribution in [2.24, 2.45) is 0 Å². The van der Waals surface area contributed by atoms with Gasteiger partial charge in [-0.25, -0.2) is 28.8 Å². The molecule has 0 atom stereocenters. The van der Waals surface area contributed by atoms with Gasteiger partial charge in [0.2, 0.25) is 28.8 Å². The minimum absolute atomic E-state index is 0.0402. The molecule has 0 unspecified atom stereocenters. The van der Waals surface area contributed by atoms with Crippen LogP contribution in [-0.2, 0) is 47.8 Å². The van der Waals surface area contributed by atoms with E-state index in [1.54, 1.807) is 38.0 Å². The minimum atomic E-state index is -1.20. The molecule has 0 aliphatic heterocycles. The largest absolute Gasteiger partial charge is 0.497 e. The minimum Gasteiger partial charge on any atom is -0.497 e. The average Bonchev–Trinajstić information content (AvgIpc) is 1.65. The number of carbonyl (C=O) groups is 4. The average molecular weight is 1480 g/mol. The number of carboxylic acids is 2. The molecule has 0 bridgehead atoms. The maximum absolute atomic E-state index is 12.4. The first kappa shape index (κ1) is 72.4. The molecule has 22 nitrogen and oxygen atoms in total. The van der Waals surface area contributed by atoms with E-state index in [0.29, 0.717) is 28.2 Å². The number of H-pyrrole nitrogens is 1. The second-order valence-electron chi connectivity index (χ2n) is 20.9. The number of aromatic nitrogens is 9. The number of hydrogen-bond acceptors (Lipinski definition) is 16. The maximum atomic E-state index is 12.4. The Labute approximate surface area is 594 Å². The molecule has 3 aromatic heterocycles. The molecule has 506 valence electrons. The summed E-state index contributed by atoms with van der Waals surface area (Å²) in [5, 5.41) is 62.2. The van der Waals surface area contributed by atoms with E-state index in [-0.39, 0.29) is 67.6 Å². The van der Waals surface area contributed by atoms with Crippen molar-refractivity contribution in [3.8, 4) is 29.1 Å². The van der Waals surface area contributed by atoms with Crippen LogP contribution in [0.2, 0.25) is 20.1 Å². The zero-order chi connectivity index (χ0) is 70.4. The van der Waals surface area contributed by atoms with E-state index < -0.39 is 17.9 Å². The molecule has 10 aromatic carbocycles. The second kappa shape index (κ2) is 35.4. The van der Waals surface area contributed by atoms with Gasteiger partial charge in [-0.2, -0.15) is 0 Å². The Morgan fingerprint density at radius 2 is 0.838 bits per heavy atom. The molecule has 13 aromatic rings. The molecular formula is C72H60BrCl4N9O13. The first-order valence-electron chi connectivity index (χ1n) is 29.9. The van der Waals surface area contributed by atoms with Gasteiger partial charge in [-0.15, -0.1) is 10.2 Å². The van der Waals surface area contributed by atoms with Gasteiger partial charge in [-0.05, 0) is 110 Å². The molecule has 0 aliphatic rings. The van der Waals surface area contributed by atoms with E-state index >= 15 is 0 Å². The van der Waals surface area contributed by atoms with Gasteiger partial charge in [0.15, 0.2) is 0 Å². The topological polar surface area (TPSA) is 287 Å². The van der Waals surface area contributed by atoms with E-state index in [1.165, 1.54) is 15.6 Å². The molecule has 27 heteroatoms. The summed E-state index contributed by atoms with van der Waals surface area (Å²) in [5.41, 5.74) is 5.45. The Bertz CT molecular complexity index is 4940. The molecule has 3 heterocycles. The molecule has 0 saturated carbocycles. The second-order valence-corrected chi connectivity index (χ2v) is 23.1. The van der Waals surface area contributed by atoms with Crippen LogP contribution in [0.3, 0.4) is 0 Å². The number of methoxy groups -OCH3 is 2. The van der Waals surface area contributed by atoms with Crippen molar-refractivity contribution in [1.29, 1.82) is 0 Å². The molecule has 99 heavy (non-hydrogen) atoms. The van der Waals surface area contributed by atoms with Crippen LogP contribution in [0, 0.1) is 0 Å². The Morgan fingerprint density at radius 3 is 1.20 bits per heavy atom. The van der Waals surface area contributed by atoms with Gasteiger partial charge in [0, 0.05) is 47.0 Å². The first-order chi connectivity index (χ1) is 48.1. The smallest absolute Gasteiger partial charge is 0.364 e. The number of halogens is 5. The van der Waals surface area contributed by atoms with Crippen molar-refractivity contribution < 1.29 is 62.9 Å². The highest BCUT2D eigenvalue weighted by Gasteiger charge is 2.25. The molecule has 13 rings (SSSR count). The van der Waals surface area contributed by atoms with Crippen molar-refractivity contribution in [3.63, 3.8) is 0 Å². The number of benzene rings is 10. The Hall–Kier alpha value is -10.8. The monoisotopic (exact) mass is 1480 g/mol. The number of alkyl halides is 1. The highest BCUT2D eigenvalue weighted by Crippen LogP contribution is 2.33. The number of nitrogens with one attached hydrogen (secondary N) is 1. The van der Waals surface area contributed by atoms with E-state index in [9.17, 15) is 19.5 Å². The van der Waals surface area contributed by atoms with Crippen molar-refractivity contribution >= 4 is 130 Å². The lowest BCUT2D eigenvalue weighted by molar-refractivity contribution is -0.122. The Balaban J connectivity index is 0.000000158. The van der Waals surface area contributed by atoms with E-state index in [1.807, 2.05) is 170 Å². The summed E-state index contributed by atoms with van der Waals surface area (Å²) in [6.45, 7) is 2.91. The number of rotatable bonds is 20. The molecule has 0 amide bonds. The van der Waals surface area contributed by atoms with Crippen LogP contribution >= 0.6 is 62.3 Å². The number of ether oxygens (including phenoxy) is 6. The van der Waals surface area contributed by atoms with Crippen molar-refractivity contribution in [2.75, 3.05) is 20.8 Å². The summed E-state index contributed by atoms with van der Waals surface area (Å²) in [6, 6.07) is 61.3. The van der Waals surface area contributed by atoms with Crippen LogP contribution in [-0.4, -0.2) is 106 Å². The number of hydrogen-bond donors (Lipinski definition) is 4. The van der Waals surface area contributed by atoms with Crippen LogP contribution in [0.15, 0.2) is 194 Å². The Morgan fingerprint density at radius 1 is 0.485 bits per heavy atom. The van der Waals surface area contributed by atoms with Gasteiger partial charge in [0.1, 0.15) is 31.3 Å². The molecule has 0 spiro atoms. The number of carbonyl (C=O) groups excluding carboxylic acids is 1. The van der Waals surface area contributed by atoms with Crippen LogP contribution < -0.4 is 23.7 Å². The normalized spacial score (nSPS) is 10.6. The lowest BCUT2D eigenvalue weighted by Crippen LogP contribution is -2.11. The SMILES string of the molecule is CCOC(=O)c1nnn(Cc2ccc(OC)cc2)c1OCc1ccc(Cl)c2ccccc12.COc1ccc(Cn2nnc(C(=O)O)c2OCc2ccc(Cl)c3ccccc23)cc1.Clc1ccc(CBr)c2ccccc12.O=C(O)c1[nH]nnc1OCc1ccc(Cl)c2ccccc12.O=CO. The van der Waals surface area contributed by atoms with Crippen LogP contribution in [0.5, 0.6) is 29.1 Å². The van der Waals surface area contributed by atoms with E-state index in [0.717, 1.165) is 87.4 Å². The van der Waals surface area contributed by atoms with Crippen LogP contribution in [0.4, 0.5) is 0 Å². The predicted octanol–water partition coefficient (Wildman–Crippen LogP) is 16.3. The third-order valence-electron chi connectivity index (χ3n) is 14.8. The summed E-state index contributed by atoms with van der Waals surface area (Å²) in [6.07, 6.45) is 0. The maximum Gasteiger partial charge on any atom is 0.364 e. The zero-order valence-corrected chi connectivity index (χ0v) is 57.5. The van der Waals surface area contributed by atoms with Gasteiger partial charge in [0.05, 0.1) is 33.9 Å². The van der Waals surface area contributed by atoms with Crippen molar-refractivity contribution in [2.45, 2.75) is 45.2 Å². The molecule has 0 radical (unpaired) electrons. The van der Waals surface area contributed by atoms with Crippen molar-refractivity contribution in [3.05, 3.63) is 265 Å². The highest BCUT2D eigenvalue weighted by atomic mass is 79.9. The summed E-state index contributed by atoms with van der Waals surface area (Å²) in [5.74, 6) is -1.16. The molecule has 0 saturated heterocycles. The fourth-order valence-corrected chi connectivity index (χ4v) is 11.5. The summed E-state index contributed by atoms with van der Waals surface area (Å²) >= 11 is 28.3. The summed E-state index contributed by atoms with van der Waals surface area (Å²) in [7, 11) is 3.21. The fourth-order valence-electron chi connectivity index (χ4n) is 10.1. The number of carboxylic acid groups (broad SMARTS) is 3. The van der Waals surface area contributed by atoms with Gasteiger partial charge in [-0.3, -0.25) is 4.79 Å². The lowest BCUT2D eigenvalue weighted by Gasteiger charge is -2.12. The number of nitrogens with zero attached hydrogens (tertiary/aromatic N) is 8.